The minimum atomic E-state index is -0.214. The number of nitrogens with zero attached hydrogens (tertiary/aromatic N) is 1. The first-order chi connectivity index (χ1) is 9.23. The third-order valence-electron chi connectivity index (χ3n) is 2.69. The topological polar surface area (TPSA) is 74.0 Å². The van der Waals surface area contributed by atoms with E-state index >= 15 is 0 Å². The van der Waals surface area contributed by atoms with Crippen molar-refractivity contribution < 1.29 is 23.8 Å². The summed E-state index contributed by atoms with van der Waals surface area (Å²) >= 11 is 0. The van der Waals surface area contributed by atoms with Gasteiger partial charge in [-0.1, -0.05) is 5.16 Å². The van der Waals surface area contributed by atoms with Crippen LogP contribution >= 0.6 is 0 Å². The van der Waals surface area contributed by atoms with Gasteiger partial charge in [-0.25, -0.2) is 0 Å². The maximum absolute atomic E-state index is 9.02. The highest BCUT2D eigenvalue weighted by Gasteiger charge is 2.18. The molecule has 0 radical (unpaired) electrons. The Morgan fingerprint density at radius 1 is 1.05 bits per heavy atom. The molecule has 0 spiro atoms. The zero-order valence-electron chi connectivity index (χ0n) is 11.0. The molecule has 1 N–H and O–H groups in total. The van der Waals surface area contributed by atoms with Gasteiger partial charge in [0.2, 0.25) is 0 Å². The van der Waals surface area contributed by atoms with E-state index in [-0.39, 0.29) is 6.61 Å². The Bertz CT molecular complexity index is 539. The number of aliphatic hydroxyl groups is 1. The fourth-order valence-electron chi connectivity index (χ4n) is 1.76. The summed E-state index contributed by atoms with van der Waals surface area (Å²) < 4.78 is 20.8. The van der Waals surface area contributed by atoms with Gasteiger partial charge in [0.15, 0.2) is 5.76 Å². The molecule has 0 saturated heterocycles. The molecule has 0 aliphatic carbocycles. The average Bonchev–Trinajstić information content (AvgIpc) is 2.94. The lowest BCUT2D eigenvalue weighted by molar-refractivity contribution is 0.229. The second-order valence-corrected chi connectivity index (χ2v) is 3.74. The molecule has 102 valence electrons. The van der Waals surface area contributed by atoms with Crippen molar-refractivity contribution in [3.8, 4) is 28.5 Å². The highest BCUT2D eigenvalue weighted by atomic mass is 16.5. The van der Waals surface area contributed by atoms with Crippen LogP contribution in [0.3, 0.4) is 0 Å². The smallest absolute Gasteiger partial charge is 0.162 e. The lowest BCUT2D eigenvalue weighted by atomic mass is 10.1. The molecule has 0 fully saturated rings. The summed E-state index contributed by atoms with van der Waals surface area (Å²) in [4.78, 5) is 0. The summed E-state index contributed by atoms with van der Waals surface area (Å²) in [5.41, 5.74) is 1.18. The number of benzene rings is 1. The van der Waals surface area contributed by atoms with E-state index in [1.807, 2.05) is 0 Å². The van der Waals surface area contributed by atoms with Gasteiger partial charge in [0, 0.05) is 18.2 Å². The van der Waals surface area contributed by atoms with Crippen LogP contribution in [-0.4, -0.2) is 31.6 Å². The highest BCUT2D eigenvalue weighted by Crippen LogP contribution is 2.41. The van der Waals surface area contributed by atoms with Crippen LogP contribution < -0.4 is 14.2 Å². The molecule has 6 nitrogen and oxygen atoms in total. The summed E-state index contributed by atoms with van der Waals surface area (Å²) in [5.74, 6) is 2.08. The first-order valence-corrected chi connectivity index (χ1v) is 5.60. The molecule has 0 saturated carbocycles. The SMILES string of the molecule is COc1cc(OC)c(-c2cc(CO)on2)c(OC)c1. The zero-order valence-corrected chi connectivity index (χ0v) is 11.0. The maximum Gasteiger partial charge on any atom is 0.162 e. The molecule has 2 rings (SSSR count). The van der Waals surface area contributed by atoms with Gasteiger partial charge in [-0.15, -0.1) is 0 Å². The van der Waals surface area contributed by atoms with E-state index in [2.05, 4.69) is 5.16 Å². The lowest BCUT2D eigenvalue weighted by Gasteiger charge is -2.13. The van der Waals surface area contributed by atoms with Crippen molar-refractivity contribution in [3.63, 3.8) is 0 Å². The number of rotatable bonds is 5. The van der Waals surface area contributed by atoms with Gasteiger partial charge < -0.3 is 23.8 Å². The third kappa shape index (κ3) is 2.48. The molecule has 1 heterocycles. The lowest BCUT2D eigenvalue weighted by Crippen LogP contribution is -1.95. The van der Waals surface area contributed by atoms with Crippen LogP contribution in [0.4, 0.5) is 0 Å². The first kappa shape index (κ1) is 13.2. The molecule has 0 amide bonds. The molecule has 1 aromatic heterocycles. The van der Waals surface area contributed by atoms with Gasteiger partial charge in [-0.2, -0.15) is 0 Å². The van der Waals surface area contributed by atoms with Crippen molar-refractivity contribution in [2.24, 2.45) is 0 Å². The van der Waals surface area contributed by atoms with E-state index in [0.29, 0.717) is 34.3 Å². The van der Waals surface area contributed by atoms with Gasteiger partial charge in [-0.05, 0) is 0 Å². The second-order valence-electron chi connectivity index (χ2n) is 3.74. The van der Waals surface area contributed by atoms with E-state index in [1.165, 1.54) is 0 Å². The van der Waals surface area contributed by atoms with Crippen LogP contribution in [0.2, 0.25) is 0 Å². The van der Waals surface area contributed by atoms with Gasteiger partial charge in [-0.3, -0.25) is 0 Å². The van der Waals surface area contributed by atoms with Crippen LogP contribution in [0.15, 0.2) is 22.7 Å². The predicted octanol–water partition coefficient (Wildman–Crippen LogP) is 1.86. The summed E-state index contributed by atoms with van der Waals surface area (Å²) in [6.07, 6.45) is 0. The van der Waals surface area contributed by atoms with Gasteiger partial charge >= 0.3 is 0 Å². The number of ether oxygens (including phenoxy) is 3. The molecule has 0 aliphatic heterocycles. The fraction of sp³-hybridized carbons (Fsp3) is 0.308. The molecular weight excluding hydrogens is 250 g/mol. The van der Waals surface area contributed by atoms with Crippen LogP contribution in [0.1, 0.15) is 5.76 Å². The molecule has 0 aliphatic rings. The number of methoxy groups -OCH3 is 3. The van der Waals surface area contributed by atoms with Crippen molar-refractivity contribution in [2.75, 3.05) is 21.3 Å². The summed E-state index contributed by atoms with van der Waals surface area (Å²) in [6, 6.07) is 5.09. The predicted molar refractivity (Wildman–Crippen MR) is 67.5 cm³/mol. The summed E-state index contributed by atoms with van der Waals surface area (Å²) in [5, 5.41) is 12.9. The molecule has 0 bridgehead atoms. The molecule has 0 unspecified atom stereocenters. The standard InChI is InChI=1S/C13H15NO5/c1-16-8-5-11(17-2)13(12(6-8)18-3)10-4-9(7-15)19-14-10/h4-6,15H,7H2,1-3H3. The third-order valence-corrected chi connectivity index (χ3v) is 2.69. The molecule has 1 aromatic carbocycles. The normalized spacial score (nSPS) is 10.3. The van der Waals surface area contributed by atoms with Gasteiger partial charge in [0.1, 0.15) is 29.5 Å². The number of aliphatic hydroxyl groups excluding tert-OH is 1. The van der Waals surface area contributed by atoms with Crippen molar-refractivity contribution >= 4 is 0 Å². The van der Waals surface area contributed by atoms with Crippen molar-refractivity contribution in [1.29, 1.82) is 0 Å². The van der Waals surface area contributed by atoms with E-state index in [9.17, 15) is 0 Å². The van der Waals surface area contributed by atoms with E-state index < -0.39 is 0 Å². The molecule has 19 heavy (non-hydrogen) atoms. The van der Waals surface area contributed by atoms with Crippen LogP contribution in [0, 0.1) is 0 Å². The largest absolute Gasteiger partial charge is 0.496 e. The Morgan fingerprint density at radius 2 is 1.68 bits per heavy atom. The minimum absolute atomic E-state index is 0.214. The second kappa shape index (κ2) is 5.62. The highest BCUT2D eigenvalue weighted by molar-refractivity contribution is 5.75. The van der Waals surface area contributed by atoms with E-state index in [0.717, 1.165) is 0 Å². The molecular formula is C13H15NO5. The van der Waals surface area contributed by atoms with E-state index in [4.69, 9.17) is 23.8 Å². The van der Waals surface area contributed by atoms with Crippen LogP contribution in [-0.2, 0) is 6.61 Å². The van der Waals surface area contributed by atoms with Gasteiger partial charge in [0.05, 0.1) is 26.9 Å². The maximum atomic E-state index is 9.02. The number of hydrogen-bond donors (Lipinski definition) is 1. The Hall–Kier alpha value is -2.21. The van der Waals surface area contributed by atoms with Crippen LogP contribution in [0.25, 0.3) is 11.3 Å². The zero-order chi connectivity index (χ0) is 13.8. The Balaban J connectivity index is 2.59. The summed E-state index contributed by atoms with van der Waals surface area (Å²) in [6.45, 7) is -0.214. The molecule has 2 aromatic rings. The quantitative estimate of drug-likeness (QED) is 0.889. The first-order valence-electron chi connectivity index (χ1n) is 5.60. The Morgan fingerprint density at radius 3 is 2.11 bits per heavy atom. The fourth-order valence-corrected chi connectivity index (χ4v) is 1.76. The van der Waals surface area contributed by atoms with E-state index in [1.54, 1.807) is 39.5 Å². The van der Waals surface area contributed by atoms with Crippen molar-refractivity contribution in [1.82, 2.24) is 5.16 Å². The average molecular weight is 265 g/mol. The van der Waals surface area contributed by atoms with Gasteiger partial charge in [0.25, 0.3) is 0 Å². The monoisotopic (exact) mass is 265 g/mol. The van der Waals surface area contributed by atoms with Crippen molar-refractivity contribution in [3.05, 3.63) is 24.0 Å². The minimum Gasteiger partial charge on any atom is -0.496 e. The van der Waals surface area contributed by atoms with Crippen molar-refractivity contribution in [2.45, 2.75) is 6.61 Å². The Labute approximate surface area is 110 Å². The molecule has 0 atom stereocenters. The van der Waals surface area contributed by atoms with Crippen LogP contribution in [0.5, 0.6) is 17.2 Å². The molecule has 6 heteroatoms. The number of hydrogen-bond acceptors (Lipinski definition) is 6. The summed E-state index contributed by atoms with van der Waals surface area (Å²) in [7, 11) is 4.66. The number of aromatic nitrogens is 1. The Kier molecular flexibility index (Phi) is 3.91.